The normalized spacial score (nSPS) is 18.2. The summed E-state index contributed by atoms with van der Waals surface area (Å²) in [5.74, 6) is 0. The number of nitrogens with two attached hydrogens (primary N) is 1. The van der Waals surface area contributed by atoms with Gasteiger partial charge in [-0.2, -0.15) is 0 Å². The zero-order chi connectivity index (χ0) is 13.2. The molecule has 3 rings (SSSR count). The Labute approximate surface area is 113 Å². The molecule has 2 aromatic heterocycles. The Morgan fingerprint density at radius 3 is 2.58 bits per heavy atom. The van der Waals surface area contributed by atoms with E-state index in [2.05, 4.69) is 27.9 Å². The second-order valence-corrected chi connectivity index (χ2v) is 5.17. The second-order valence-electron chi connectivity index (χ2n) is 5.17. The Morgan fingerprint density at radius 2 is 1.84 bits per heavy atom. The van der Waals surface area contributed by atoms with Gasteiger partial charge in [-0.1, -0.05) is 6.92 Å². The molecule has 0 radical (unpaired) electrons. The van der Waals surface area contributed by atoms with Crippen molar-refractivity contribution in [3.05, 3.63) is 30.2 Å². The fourth-order valence-electron chi connectivity index (χ4n) is 2.63. The van der Waals surface area contributed by atoms with E-state index in [9.17, 15) is 0 Å². The Bertz CT molecular complexity index is 554. The van der Waals surface area contributed by atoms with E-state index in [1.54, 1.807) is 0 Å². The van der Waals surface area contributed by atoms with Crippen molar-refractivity contribution in [3.63, 3.8) is 0 Å². The lowest BCUT2D eigenvalue weighted by Crippen LogP contribution is -2.45. The highest BCUT2D eigenvalue weighted by Crippen LogP contribution is 2.12. The lowest BCUT2D eigenvalue weighted by molar-refractivity contribution is 0.131. The van der Waals surface area contributed by atoms with E-state index >= 15 is 0 Å². The van der Waals surface area contributed by atoms with Gasteiger partial charge in [-0.3, -0.25) is 4.90 Å². The summed E-state index contributed by atoms with van der Waals surface area (Å²) in [5.41, 5.74) is 8.64. The van der Waals surface area contributed by atoms with Crippen LogP contribution in [0.5, 0.6) is 0 Å². The highest BCUT2D eigenvalue weighted by atomic mass is 15.3. The molecule has 0 amide bonds. The number of nitrogens with zero attached hydrogens (tertiary/aromatic N) is 4. The van der Waals surface area contributed by atoms with Gasteiger partial charge >= 0.3 is 0 Å². The molecule has 1 aliphatic rings. The van der Waals surface area contributed by atoms with Crippen molar-refractivity contribution in [1.82, 2.24) is 19.2 Å². The summed E-state index contributed by atoms with van der Waals surface area (Å²) in [5, 5.41) is 0. The van der Waals surface area contributed by atoms with Gasteiger partial charge in [0.05, 0.1) is 5.69 Å². The highest BCUT2D eigenvalue weighted by molar-refractivity contribution is 5.48. The van der Waals surface area contributed by atoms with E-state index in [-0.39, 0.29) is 0 Å². The first kappa shape index (κ1) is 12.4. The molecule has 5 heteroatoms. The first-order valence-electron chi connectivity index (χ1n) is 6.92. The maximum atomic E-state index is 5.78. The predicted octanol–water partition coefficient (Wildman–Crippen LogP) is 1.05. The Kier molecular flexibility index (Phi) is 3.40. The van der Waals surface area contributed by atoms with Gasteiger partial charge < -0.3 is 15.0 Å². The summed E-state index contributed by atoms with van der Waals surface area (Å²) >= 11 is 0. The van der Waals surface area contributed by atoms with Crippen molar-refractivity contribution in [2.45, 2.75) is 13.5 Å². The number of rotatable bonds is 3. The molecule has 102 valence electrons. The lowest BCUT2D eigenvalue weighted by atomic mass is 10.3. The minimum absolute atomic E-state index is 0.771. The van der Waals surface area contributed by atoms with Crippen molar-refractivity contribution in [2.75, 3.05) is 38.5 Å². The SMILES string of the molecule is CCN1CCN(Cc2cn3cc(N)ccc3n2)CC1. The smallest absolute Gasteiger partial charge is 0.137 e. The minimum atomic E-state index is 0.771. The van der Waals surface area contributed by atoms with E-state index in [4.69, 9.17) is 5.73 Å². The van der Waals surface area contributed by atoms with Crippen LogP contribution in [0.1, 0.15) is 12.6 Å². The van der Waals surface area contributed by atoms with Crippen LogP contribution in [0.15, 0.2) is 24.5 Å². The highest BCUT2D eigenvalue weighted by Gasteiger charge is 2.16. The van der Waals surface area contributed by atoms with Gasteiger partial charge in [0.15, 0.2) is 0 Å². The molecule has 0 saturated carbocycles. The second kappa shape index (κ2) is 5.19. The number of aromatic nitrogens is 2. The number of hydrogen-bond donors (Lipinski definition) is 1. The molecule has 0 bridgehead atoms. The average molecular weight is 259 g/mol. The molecule has 2 N–H and O–H groups in total. The van der Waals surface area contributed by atoms with E-state index in [0.29, 0.717) is 0 Å². The number of hydrogen-bond acceptors (Lipinski definition) is 4. The summed E-state index contributed by atoms with van der Waals surface area (Å²) in [6.45, 7) is 8.89. The number of pyridine rings is 1. The van der Waals surface area contributed by atoms with Crippen LogP contribution >= 0.6 is 0 Å². The van der Waals surface area contributed by atoms with Crippen LogP contribution in [0.3, 0.4) is 0 Å². The maximum absolute atomic E-state index is 5.78. The van der Waals surface area contributed by atoms with Crippen molar-refractivity contribution in [3.8, 4) is 0 Å². The topological polar surface area (TPSA) is 49.8 Å². The largest absolute Gasteiger partial charge is 0.398 e. The monoisotopic (exact) mass is 259 g/mol. The van der Waals surface area contributed by atoms with Crippen LogP contribution in [0.2, 0.25) is 0 Å². The summed E-state index contributed by atoms with van der Waals surface area (Å²) in [7, 11) is 0. The van der Waals surface area contributed by atoms with Crippen LogP contribution < -0.4 is 5.73 Å². The molecule has 0 aliphatic carbocycles. The lowest BCUT2D eigenvalue weighted by Gasteiger charge is -2.33. The van der Waals surface area contributed by atoms with Crippen molar-refractivity contribution < 1.29 is 0 Å². The molecule has 19 heavy (non-hydrogen) atoms. The number of piperazine rings is 1. The van der Waals surface area contributed by atoms with Gasteiger partial charge in [-0.25, -0.2) is 4.98 Å². The van der Waals surface area contributed by atoms with Crippen molar-refractivity contribution in [1.29, 1.82) is 0 Å². The van der Waals surface area contributed by atoms with E-state index < -0.39 is 0 Å². The predicted molar refractivity (Wildman–Crippen MR) is 77.0 cm³/mol. The molecule has 5 nitrogen and oxygen atoms in total. The molecule has 3 heterocycles. The molecular weight excluding hydrogens is 238 g/mol. The summed E-state index contributed by atoms with van der Waals surface area (Å²) in [6.07, 6.45) is 4.00. The fourth-order valence-corrected chi connectivity index (χ4v) is 2.63. The third-order valence-corrected chi connectivity index (χ3v) is 3.82. The van der Waals surface area contributed by atoms with Gasteiger partial charge in [0.25, 0.3) is 0 Å². The molecule has 1 aliphatic heterocycles. The van der Waals surface area contributed by atoms with Crippen LogP contribution in [0.4, 0.5) is 5.69 Å². The molecule has 2 aromatic rings. The Balaban J connectivity index is 1.68. The van der Waals surface area contributed by atoms with Crippen LogP contribution in [0.25, 0.3) is 5.65 Å². The van der Waals surface area contributed by atoms with Crippen LogP contribution in [-0.2, 0) is 6.54 Å². The quantitative estimate of drug-likeness (QED) is 0.895. The minimum Gasteiger partial charge on any atom is -0.398 e. The molecule has 0 spiro atoms. The molecule has 0 aromatic carbocycles. The van der Waals surface area contributed by atoms with Crippen LogP contribution in [0, 0.1) is 0 Å². The van der Waals surface area contributed by atoms with Gasteiger partial charge in [0.2, 0.25) is 0 Å². The van der Waals surface area contributed by atoms with Crippen molar-refractivity contribution in [2.24, 2.45) is 0 Å². The number of likely N-dealkylation sites (N-methyl/N-ethyl adjacent to an activating group) is 1. The summed E-state index contributed by atoms with van der Waals surface area (Å²) < 4.78 is 2.01. The molecule has 1 saturated heterocycles. The van der Waals surface area contributed by atoms with Gasteiger partial charge in [-0.15, -0.1) is 0 Å². The molecule has 0 unspecified atom stereocenters. The zero-order valence-corrected chi connectivity index (χ0v) is 11.4. The number of anilines is 1. The van der Waals surface area contributed by atoms with E-state index in [1.165, 1.54) is 0 Å². The number of imidazole rings is 1. The Morgan fingerprint density at radius 1 is 1.11 bits per heavy atom. The maximum Gasteiger partial charge on any atom is 0.137 e. The van der Waals surface area contributed by atoms with E-state index in [0.717, 1.165) is 56.3 Å². The molecule has 0 atom stereocenters. The summed E-state index contributed by atoms with van der Waals surface area (Å²) in [6, 6.07) is 3.86. The van der Waals surface area contributed by atoms with Gasteiger partial charge in [0.1, 0.15) is 5.65 Å². The summed E-state index contributed by atoms with van der Waals surface area (Å²) in [4.78, 5) is 9.60. The zero-order valence-electron chi connectivity index (χ0n) is 11.4. The molecular formula is C14H21N5. The molecule has 1 fully saturated rings. The average Bonchev–Trinajstić information content (AvgIpc) is 2.81. The fraction of sp³-hybridized carbons (Fsp3) is 0.500. The Hall–Kier alpha value is -1.59. The number of fused-ring (bicyclic) bond motifs is 1. The van der Waals surface area contributed by atoms with Gasteiger partial charge in [0, 0.05) is 50.8 Å². The van der Waals surface area contributed by atoms with Crippen LogP contribution in [-0.4, -0.2) is 51.9 Å². The first-order chi connectivity index (χ1) is 9.24. The standard InChI is InChI=1S/C14H21N5/c1-2-17-5-7-18(8-6-17)10-13-11-19-9-12(15)3-4-14(19)16-13/h3-4,9,11H,2,5-8,10,15H2,1H3. The third kappa shape index (κ3) is 2.72. The van der Waals surface area contributed by atoms with Crippen molar-refractivity contribution >= 4 is 11.3 Å². The number of nitrogen functional groups attached to an aromatic ring is 1. The third-order valence-electron chi connectivity index (χ3n) is 3.82. The first-order valence-corrected chi connectivity index (χ1v) is 6.92. The van der Waals surface area contributed by atoms with E-state index in [1.807, 2.05) is 22.7 Å². The van der Waals surface area contributed by atoms with Gasteiger partial charge in [-0.05, 0) is 18.7 Å².